The van der Waals surface area contributed by atoms with Crippen molar-refractivity contribution >= 4 is 23.2 Å². The number of aromatic hydroxyl groups is 1. The van der Waals surface area contributed by atoms with E-state index in [0.717, 1.165) is 57.8 Å². The fourth-order valence-corrected chi connectivity index (χ4v) is 5.93. The van der Waals surface area contributed by atoms with Gasteiger partial charge in [-0.15, -0.1) is 10.2 Å². The van der Waals surface area contributed by atoms with E-state index in [9.17, 15) is 5.11 Å². The lowest BCUT2D eigenvalue weighted by Crippen LogP contribution is -2.45. The quantitative estimate of drug-likeness (QED) is 0.169. The Morgan fingerprint density at radius 2 is 1.58 bits per heavy atom. The standard InChI is InChI=1S/C34H38Cl2N4O3/c1-39(2)17-6-20-42-28-11-9-25(10-12-28)23-40-18-15-34(16-19-40,27-7-4-3-5-8-27)24-43-32-14-13-31(37-38-32)26-21-29(35)33(41)30(36)22-26/h3-5,7-14,21-22,41H,6,15-20,23-24H2,1-2H3. The predicted molar refractivity (Wildman–Crippen MR) is 172 cm³/mol. The predicted octanol–water partition coefficient (Wildman–Crippen LogP) is 7.10. The minimum absolute atomic E-state index is 0.125. The highest BCUT2D eigenvalue weighted by Crippen LogP contribution is 2.38. The van der Waals surface area contributed by atoms with Gasteiger partial charge in [0.05, 0.1) is 29.0 Å². The third-order valence-electron chi connectivity index (χ3n) is 8.00. The molecular formula is C34H38Cl2N4O3. The molecule has 3 aromatic carbocycles. The number of halogens is 2. The van der Waals surface area contributed by atoms with E-state index in [1.54, 1.807) is 18.2 Å². The van der Waals surface area contributed by atoms with E-state index in [2.05, 4.69) is 88.7 Å². The molecule has 1 aliphatic rings. The second kappa shape index (κ2) is 14.4. The van der Waals surface area contributed by atoms with Crippen molar-refractivity contribution < 1.29 is 14.6 Å². The summed E-state index contributed by atoms with van der Waals surface area (Å²) in [4.78, 5) is 4.68. The van der Waals surface area contributed by atoms with Crippen molar-refractivity contribution in [2.75, 3.05) is 46.9 Å². The zero-order valence-corrected chi connectivity index (χ0v) is 26.2. The summed E-state index contributed by atoms with van der Waals surface area (Å²) in [5.41, 5.74) is 3.70. The van der Waals surface area contributed by atoms with E-state index in [1.807, 2.05) is 6.07 Å². The number of benzene rings is 3. The van der Waals surface area contributed by atoms with Gasteiger partial charge in [0.25, 0.3) is 0 Å². The number of hydrogen-bond donors (Lipinski definition) is 1. The average molecular weight is 622 g/mol. The van der Waals surface area contributed by atoms with E-state index in [0.29, 0.717) is 23.7 Å². The zero-order chi connectivity index (χ0) is 30.2. The Morgan fingerprint density at radius 3 is 2.21 bits per heavy atom. The molecule has 0 aliphatic carbocycles. The van der Waals surface area contributed by atoms with Crippen molar-refractivity contribution in [3.8, 4) is 28.6 Å². The first-order chi connectivity index (χ1) is 20.8. The Balaban J connectivity index is 1.19. The molecule has 0 radical (unpaired) electrons. The number of aromatic nitrogens is 2. The van der Waals surface area contributed by atoms with E-state index in [1.165, 1.54) is 11.1 Å². The minimum Gasteiger partial charge on any atom is -0.505 e. The molecule has 0 spiro atoms. The molecule has 0 atom stereocenters. The van der Waals surface area contributed by atoms with Crippen LogP contribution < -0.4 is 9.47 Å². The number of nitrogens with zero attached hydrogens (tertiary/aromatic N) is 4. The molecule has 43 heavy (non-hydrogen) atoms. The van der Waals surface area contributed by atoms with Crippen LogP contribution >= 0.6 is 23.2 Å². The first-order valence-electron chi connectivity index (χ1n) is 14.6. The molecule has 1 aromatic heterocycles. The summed E-state index contributed by atoms with van der Waals surface area (Å²) >= 11 is 12.2. The maximum absolute atomic E-state index is 9.85. The van der Waals surface area contributed by atoms with Crippen LogP contribution in [-0.2, 0) is 12.0 Å². The van der Waals surface area contributed by atoms with Crippen molar-refractivity contribution in [2.24, 2.45) is 0 Å². The van der Waals surface area contributed by atoms with Gasteiger partial charge in [-0.3, -0.25) is 4.90 Å². The topological polar surface area (TPSA) is 71.0 Å². The molecular weight excluding hydrogens is 583 g/mol. The van der Waals surface area contributed by atoms with Gasteiger partial charge >= 0.3 is 0 Å². The third-order valence-corrected chi connectivity index (χ3v) is 8.57. The van der Waals surface area contributed by atoms with Crippen LogP contribution in [0.25, 0.3) is 11.3 Å². The molecule has 0 bridgehead atoms. The lowest BCUT2D eigenvalue weighted by Gasteiger charge is -2.42. The first-order valence-corrected chi connectivity index (χ1v) is 15.4. The van der Waals surface area contributed by atoms with Crippen molar-refractivity contribution in [2.45, 2.75) is 31.2 Å². The Morgan fingerprint density at radius 1 is 0.884 bits per heavy atom. The number of piperidine rings is 1. The van der Waals surface area contributed by atoms with Crippen LogP contribution in [0.3, 0.4) is 0 Å². The number of phenols is 1. The number of rotatable bonds is 12. The highest BCUT2D eigenvalue weighted by molar-refractivity contribution is 6.37. The normalized spacial score (nSPS) is 15.0. The maximum atomic E-state index is 9.85. The Hall–Kier alpha value is -3.36. The van der Waals surface area contributed by atoms with Gasteiger partial charge in [-0.05, 0) is 87.9 Å². The maximum Gasteiger partial charge on any atom is 0.233 e. The highest BCUT2D eigenvalue weighted by Gasteiger charge is 2.37. The lowest BCUT2D eigenvalue weighted by atomic mass is 9.73. The van der Waals surface area contributed by atoms with Gasteiger partial charge in [-0.2, -0.15) is 0 Å². The molecule has 4 aromatic rings. The molecule has 5 rings (SSSR count). The van der Waals surface area contributed by atoms with E-state index in [-0.39, 0.29) is 21.2 Å². The van der Waals surface area contributed by atoms with Crippen LogP contribution in [-0.4, -0.2) is 72.0 Å². The van der Waals surface area contributed by atoms with Crippen LogP contribution in [0.15, 0.2) is 78.9 Å². The average Bonchev–Trinajstić information content (AvgIpc) is 3.03. The summed E-state index contributed by atoms with van der Waals surface area (Å²) in [5.74, 6) is 1.24. The lowest BCUT2D eigenvalue weighted by molar-refractivity contribution is 0.105. The Bertz CT molecular complexity index is 1440. The van der Waals surface area contributed by atoms with E-state index in [4.69, 9.17) is 32.7 Å². The SMILES string of the molecule is CN(C)CCCOc1ccc(CN2CCC(COc3ccc(-c4cc(Cl)c(O)c(Cl)c4)nn3)(c3ccccc3)CC2)cc1. The van der Waals surface area contributed by atoms with Crippen LogP contribution in [0, 0.1) is 0 Å². The zero-order valence-electron chi connectivity index (χ0n) is 24.7. The number of likely N-dealkylation sites (tertiary alicyclic amines) is 1. The smallest absolute Gasteiger partial charge is 0.233 e. The van der Waals surface area contributed by atoms with Crippen LogP contribution in [0.4, 0.5) is 0 Å². The van der Waals surface area contributed by atoms with Crippen LogP contribution in [0.2, 0.25) is 10.0 Å². The molecule has 1 saturated heterocycles. The van der Waals surface area contributed by atoms with Gasteiger partial charge in [-0.1, -0.05) is 65.7 Å². The molecule has 226 valence electrons. The monoisotopic (exact) mass is 620 g/mol. The first kappa shape index (κ1) is 31.1. The summed E-state index contributed by atoms with van der Waals surface area (Å²) in [6.45, 7) is 5.10. The summed E-state index contributed by atoms with van der Waals surface area (Å²) in [5, 5.41) is 18.8. The molecule has 9 heteroatoms. The van der Waals surface area contributed by atoms with Gasteiger partial charge in [0, 0.05) is 30.1 Å². The largest absolute Gasteiger partial charge is 0.505 e. The Kier molecular flexibility index (Phi) is 10.4. The number of ether oxygens (including phenoxy) is 2. The summed E-state index contributed by atoms with van der Waals surface area (Å²) in [6.07, 6.45) is 2.96. The molecule has 1 N–H and O–H groups in total. The van der Waals surface area contributed by atoms with Gasteiger partial charge in [-0.25, -0.2) is 0 Å². The second-order valence-electron chi connectivity index (χ2n) is 11.4. The van der Waals surface area contributed by atoms with Crippen molar-refractivity contribution in [1.82, 2.24) is 20.0 Å². The van der Waals surface area contributed by atoms with Gasteiger partial charge in [0.1, 0.15) is 5.75 Å². The van der Waals surface area contributed by atoms with Crippen molar-refractivity contribution in [3.05, 3.63) is 100 Å². The molecule has 2 heterocycles. The molecule has 1 aliphatic heterocycles. The summed E-state index contributed by atoms with van der Waals surface area (Å²) in [6, 6.07) is 26.0. The van der Waals surface area contributed by atoms with Crippen molar-refractivity contribution in [1.29, 1.82) is 0 Å². The molecule has 0 unspecified atom stereocenters. The van der Waals surface area contributed by atoms with Crippen LogP contribution in [0.5, 0.6) is 17.4 Å². The molecule has 0 saturated carbocycles. The number of phenolic OH excluding ortho intramolecular Hbond substituents is 1. The van der Waals surface area contributed by atoms with Crippen LogP contribution in [0.1, 0.15) is 30.4 Å². The number of hydrogen-bond acceptors (Lipinski definition) is 7. The minimum atomic E-state index is -0.147. The van der Waals surface area contributed by atoms with Gasteiger partial charge in [0.15, 0.2) is 5.75 Å². The van der Waals surface area contributed by atoms with Gasteiger partial charge < -0.3 is 19.5 Å². The molecule has 0 amide bonds. The van der Waals surface area contributed by atoms with E-state index >= 15 is 0 Å². The highest BCUT2D eigenvalue weighted by atomic mass is 35.5. The fraction of sp³-hybridized carbons (Fsp3) is 0.353. The summed E-state index contributed by atoms with van der Waals surface area (Å²) < 4.78 is 12.2. The molecule has 1 fully saturated rings. The van der Waals surface area contributed by atoms with Gasteiger partial charge in [0.2, 0.25) is 5.88 Å². The third kappa shape index (κ3) is 8.18. The molecule has 7 nitrogen and oxygen atoms in total. The van der Waals surface area contributed by atoms with Crippen molar-refractivity contribution in [3.63, 3.8) is 0 Å². The van der Waals surface area contributed by atoms with E-state index < -0.39 is 0 Å². The fourth-order valence-electron chi connectivity index (χ4n) is 5.44. The second-order valence-corrected chi connectivity index (χ2v) is 12.2. The summed E-state index contributed by atoms with van der Waals surface area (Å²) in [7, 11) is 4.16. The Labute approximate surface area is 264 Å².